The van der Waals surface area contributed by atoms with Gasteiger partial charge in [-0.2, -0.15) is 0 Å². The quantitative estimate of drug-likeness (QED) is 0.909. The molecule has 0 aromatic heterocycles. The molecule has 0 radical (unpaired) electrons. The van der Waals surface area contributed by atoms with E-state index in [9.17, 15) is 0 Å². The SMILES string of the molecule is COc1cc(C)c(Cc2cccc(CN)c2)cc1C. The summed E-state index contributed by atoms with van der Waals surface area (Å²) in [6, 6.07) is 12.8. The van der Waals surface area contributed by atoms with Crippen LogP contribution >= 0.6 is 0 Å². The first-order valence-corrected chi connectivity index (χ1v) is 6.56. The van der Waals surface area contributed by atoms with Crippen molar-refractivity contribution in [2.24, 2.45) is 5.73 Å². The molecule has 0 saturated carbocycles. The Morgan fingerprint density at radius 1 is 1.00 bits per heavy atom. The molecule has 0 bridgehead atoms. The summed E-state index contributed by atoms with van der Waals surface area (Å²) in [7, 11) is 1.71. The first kappa shape index (κ1) is 13.6. The Bertz CT molecular complexity index is 575. The average Bonchev–Trinajstić information content (AvgIpc) is 2.42. The summed E-state index contributed by atoms with van der Waals surface area (Å²) in [5.74, 6) is 0.956. The van der Waals surface area contributed by atoms with Crippen LogP contribution in [0.15, 0.2) is 36.4 Å². The summed E-state index contributed by atoms with van der Waals surface area (Å²) < 4.78 is 5.35. The molecule has 0 unspecified atom stereocenters. The van der Waals surface area contributed by atoms with Crippen molar-refractivity contribution in [3.05, 3.63) is 64.2 Å². The van der Waals surface area contributed by atoms with Gasteiger partial charge in [0.05, 0.1) is 7.11 Å². The molecule has 0 saturated heterocycles. The van der Waals surface area contributed by atoms with E-state index in [1.807, 2.05) is 0 Å². The van der Waals surface area contributed by atoms with Gasteiger partial charge >= 0.3 is 0 Å². The van der Waals surface area contributed by atoms with Crippen molar-refractivity contribution < 1.29 is 4.74 Å². The maximum Gasteiger partial charge on any atom is 0.122 e. The maximum absolute atomic E-state index is 5.69. The van der Waals surface area contributed by atoms with Crippen LogP contribution < -0.4 is 10.5 Å². The zero-order valence-electron chi connectivity index (χ0n) is 11.9. The zero-order chi connectivity index (χ0) is 13.8. The third kappa shape index (κ3) is 3.15. The third-order valence-electron chi connectivity index (χ3n) is 3.48. The second kappa shape index (κ2) is 5.89. The van der Waals surface area contributed by atoms with Crippen LogP contribution in [-0.4, -0.2) is 7.11 Å². The number of ether oxygens (including phenoxy) is 1. The molecule has 0 amide bonds. The van der Waals surface area contributed by atoms with Crippen LogP contribution in [-0.2, 0) is 13.0 Å². The molecule has 2 aromatic rings. The summed E-state index contributed by atoms with van der Waals surface area (Å²) in [6.07, 6.45) is 0.935. The van der Waals surface area contributed by atoms with Crippen molar-refractivity contribution in [2.45, 2.75) is 26.8 Å². The zero-order valence-corrected chi connectivity index (χ0v) is 11.9. The molecule has 19 heavy (non-hydrogen) atoms. The average molecular weight is 255 g/mol. The van der Waals surface area contributed by atoms with E-state index in [1.165, 1.54) is 27.8 Å². The fraction of sp³-hybridized carbons (Fsp3) is 0.294. The largest absolute Gasteiger partial charge is 0.496 e. The Morgan fingerprint density at radius 3 is 2.42 bits per heavy atom. The second-order valence-electron chi connectivity index (χ2n) is 4.95. The maximum atomic E-state index is 5.69. The van der Waals surface area contributed by atoms with E-state index in [4.69, 9.17) is 10.5 Å². The summed E-state index contributed by atoms with van der Waals surface area (Å²) in [5.41, 5.74) is 12.0. The first-order chi connectivity index (χ1) is 9.13. The number of aryl methyl sites for hydroxylation is 2. The number of hydrogen-bond acceptors (Lipinski definition) is 2. The highest BCUT2D eigenvalue weighted by molar-refractivity contribution is 5.43. The van der Waals surface area contributed by atoms with E-state index < -0.39 is 0 Å². The van der Waals surface area contributed by atoms with Crippen LogP contribution in [0.25, 0.3) is 0 Å². The fourth-order valence-electron chi connectivity index (χ4n) is 2.35. The van der Waals surface area contributed by atoms with E-state index in [0.717, 1.165) is 12.2 Å². The molecule has 2 rings (SSSR count). The predicted octanol–water partition coefficient (Wildman–Crippen LogP) is 3.36. The molecule has 0 spiro atoms. The van der Waals surface area contributed by atoms with Crippen LogP contribution in [0, 0.1) is 13.8 Å². The van der Waals surface area contributed by atoms with Crippen molar-refractivity contribution in [1.29, 1.82) is 0 Å². The lowest BCUT2D eigenvalue weighted by Gasteiger charge is -2.12. The third-order valence-corrected chi connectivity index (χ3v) is 3.48. The Morgan fingerprint density at radius 2 is 1.74 bits per heavy atom. The van der Waals surface area contributed by atoms with Gasteiger partial charge in [-0.15, -0.1) is 0 Å². The molecule has 0 fully saturated rings. The van der Waals surface area contributed by atoms with Gasteiger partial charge < -0.3 is 10.5 Å². The Hall–Kier alpha value is -1.80. The summed E-state index contributed by atoms with van der Waals surface area (Å²) >= 11 is 0. The fourth-order valence-corrected chi connectivity index (χ4v) is 2.35. The molecule has 0 heterocycles. The Balaban J connectivity index is 2.30. The monoisotopic (exact) mass is 255 g/mol. The highest BCUT2D eigenvalue weighted by Crippen LogP contribution is 2.24. The van der Waals surface area contributed by atoms with Gasteiger partial charge in [0, 0.05) is 6.54 Å². The smallest absolute Gasteiger partial charge is 0.122 e. The van der Waals surface area contributed by atoms with E-state index in [-0.39, 0.29) is 0 Å². The van der Waals surface area contributed by atoms with E-state index in [0.29, 0.717) is 6.54 Å². The number of hydrogen-bond donors (Lipinski definition) is 1. The van der Waals surface area contributed by atoms with Crippen LogP contribution in [0.2, 0.25) is 0 Å². The minimum absolute atomic E-state index is 0.592. The van der Waals surface area contributed by atoms with E-state index in [1.54, 1.807) is 7.11 Å². The standard InChI is InChI=1S/C17H21NO/c1-12-8-17(19-3)13(2)7-16(12)10-14-5-4-6-15(9-14)11-18/h4-9H,10-11,18H2,1-3H3. The van der Waals surface area contributed by atoms with Gasteiger partial charge in [0.2, 0.25) is 0 Å². The van der Waals surface area contributed by atoms with Crippen LogP contribution in [0.3, 0.4) is 0 Å². The van der Waals surface area contributed by atoms with Gasteiger partial charge in [-0.05, 0) is 54.2 Å². The first-order valence-electron chi connectivity index (χ1n) is 6.56. The minimum Gasteiger partial charge on any atom is -0.496 e. The number of nitrogens with two attached hydrogens (primary N) is 1. The summed E-state index contributed by atoms with van der Waals surface area (Å²) in [6.45, 7) is 4.80. The number of rotatable bonds is 4. The number of methoxy groups -OCH3 is 1. The van der Waals surface area contributed by atoms with E-state index >= 15 is 0 Å². The Kier molecular flexibility index (Phi) is 4.23. The van der Waals surface area contributed by atoms with Crippen LogP contribution in [0.4, 0.5) is 0 Å². The lowest BCUT2D eigenvalue weighted by molar-refractivity contribution is 0.411. The lowest BCUT2D eigenvalue weighted by atomic mass is 9.97. The highest BCUT2D eigenvalue weighted by Gasteiger charge is 2.06. The molecular weight excluding hydrogens is 234 g/mol. The molecule has 0 aliphatic carbocycles. The molecule has 0 atom stereocenters. The summed E-state index contributed by atoms with van der Waals surface area (Å²) in [5, 5.41) is 0. The van der Waals surface area contributed by atoms with Crippen LogP contribution in [0.1, 0.15) is 27.8 Å². The normalized spacial score (nSPS) is 10.5. The number of benzene rings is 2. The van der Waals surface area contributed by atoms with Gasteiger partial charge in [-0.25, -0.2) is 0 Å². The molecule has 2 heteroatoms. The Labute approximate surface area is 115 Å². The van der Waals surface area contributed by atoms with Gasteiger partial charge in [-0.3, -0.25) is 0 Å². The highest BCUT2D eigenvalue weighted by atomic mass is 16.5. The summed E-state index contributed by atoms with van der Waals surface area (Å²) in [4.78, 5) is 0. The van der Waals surface area contributed by atoms with Gasteiger partial charge in [-0.1, -0.05) is 30.3 Å². The van der Waals surface area contributed by atoms with Crippen molar-refractivity contribution in [3.8, 4) is 5.75 Å². The van der Waals surface area contributed by atoms with Crippen molar-refractivity contribution >= 4 is 0 Å². The molecule has 2 aromatic carbocycles. The molecule has 0 aliphatic heterocycles. The van der Waals surface area contributed by atoms with Gasteiger partial charge in [0.25, 0.3) is 0 Å². The second-order valence-corrected chi connectivity index (χ2v) is 4.95. The van der Waals surface area contributed by atoms with Crippen LogP contribution in [0.5, 0.6) is 5.75 Å². The molecule has 2 nitrogen and oxygen atoms in total. The minimum atomic E-state index is 0.592. The molecule has 2 N–H and O–H groups in total. The molecule has 0 aliphatic rings. The topological polar surface area (TPSA) is 35.2 Å². The predicted molar refractivity (Wildman–Crippen MR) is 79.6 cm³/mol. The van der Waals surface area contributed by atoms with Gasteiger partial charge in [0.15, 0.2) is 0 Å². The molecule has 100 valence electrons. The van der Waals surface area contributed by atoms with Crippen molar-refractivity contribution in [3.63, 3.8) is 0 Å². The lowest BCUT2D eigenvalue weighted by Crippen LogP contribution is -1.99. The molecular formula is C17H21NO. The van der Waals surface area contributed by atoms with Gasteiger partial charge in [0.1, 0.15) is 5.75 Å². The van der Waals surface area contributed by atoms with Crippen molar-refractivity contribution in [2.75, 3.05) is 7.11 Å². The van der Waals surface area contributed by atoms with E-state index in [2.05, 4.69) is 50.2 Å². The van der Waals surface area contributed by atoms with Crippen molar-refractivity contribution in [1.82, 2.24) is 0 Å².